The number of aliphatic hydroxyl groups is 1. The third-order valence-corrected chi connectivity index (χ3v) is 6.96. The highest BCUT2D eigenvalue weighted by molar-refractivity contribution is 5.85. The zero-order chi connectivity index (χ0) is 21.7. The number of hydrogen-bond donors (Lipinski definition) is 1. The molecular weight excluding hydrogens is 462 g/mol. The van der Waals surface area contributed by atoms with Crippen molar-refractivity contribution in [2.45, 2.75) is 56.7 Å². The Labute approximate surface area is 209 Å². The van der Waals surface area contributed by atoms with Gasteiger partial charge in [0.05, 0.1) is 11.7 Å². The highest BCUT2D eigenvalue weighted by Gasteiger charge is 2.32. The van der Waals surface area contributed by atoms with Crippen LogP contribution in [-0.2, 0) is 6.42 Å². The summed E-state index contributed by atoms with van der Waals surface area (Å²) in [6.07, 6.45) is 7.32. The molecule has 1 saturated carbocycles. The first-order valence-corrected chi connectivity index (χ1v) is 11.7. The summed E-state index contributed by atoms with van der Waals surface area (Å²) in [6.45, 7) is 3.61. The molecule has 4 rings (SSSR count). The van der Waals surface area contributed by atoms with Gasteiger partial charge in [-0.15, -0.1) is 24.8 Å². The number of anilines is 1. The first-order chi connectivity index (χ1) is 15.0. The Morgan fingerprint density at radius 3 is 2.24 bits per heavy atom. The van der Waals surface area contributed by atoms with Crippen LogP contribution in [0.3, 0.4) is 0 Å². The Balaban J connectivity index is 0.00000193. The molecule has 7 heteroatoms. The van der Waals surface area contributed by atoms with E-state index in [-0.39, 0.29) is 30.6 Å². The molecule has 1 saturated heterocycles. The number of piperidine rings is 1. The predicted molar refractivity (Wildman–Crippen MR) is 138 cm³/mol. The van der Waals surface area contributed by atoms with Crippen molar-refractivity contribution in [3.05, 3.63) is 59.9 Å². The number of nitrogens with zero attached hydrogens (tertiary/aromatic N) is 2. The maximum Gasteiger partial charge on any atom is 0.123 e. The molecule has 2 aromatic rings. The summed E-state index contributed by atoms with van der Waals surface area (Å²) >= 11 is 0. The molecule has 1 heterocycles. The first kappa shape index (κ1) is 27.7. The van der Waals surface area contributed by atoms with Crippen LogP contribution in [0.25, 0.3) is 0 Å². The Hall–Kier alpha value is -1.53. The second kappa shape index (κ2) is 12.8. The van der Waals surface area contributed by atoms with E-state index in [1.165, 1.54) is 31.4 Å². The molecule has 33 heavy (non-hydrogen) atoms. The van der Waals surface area contributed by atoms with Crippen molar-refractivity contribution in [1.29, 1.82) is 0 Å². The van der Waals surface area contributed by atoms with E-state index in [1.807, 2.05) is 12.1 Å². The summed E-state index contributed by atoms with van der Waals surface area (Å²) < 4.78 is 19.0. The fourth-order valence-electron chi connectivity index (χ4n) is 4.35. The Kier molecular flexibility index (Phi) is 10.7. The van der Waals surface area contributed by atoms with Crippen LogP contribution in [0.1, 0.15) is 44.1 Å². The van der Waals surface area contributed by atoms with Crippen molar-refractivity contribution >= 4 is 30.5 Å². The second-order valence-corrected chi connectivity index (χ2v) is 9.28. The van der Waals surface area contributed by atoms with E-state index in [1.54, 1.807) is 0 Å². The third-order valence-electron chi connectivity index (χ3n) is 6.96. The normalized spacial score (nSPS) is 17.9. The lowest BCUT2D eigenvalue weighted by Crippen LogP contribution is -2.46. The number of hydrogen-bond acceptors (Lipinski definition) is 4. The third kappa shape index (κ3) is 8.03. The van der Waals surface area contributed by atoms with Gasteiger partial charge in [0.2, 0.25) is 0 Å². The lowest BCUT2D eigenvalue weighted by Gasteiger charge is -2.39. The molecule has 0 radical (unpaired) electrons. The lowest BCUT2D eigenvalue weighted by atomic mass is 9.88. The molecule has 0 atom stereocenters. The van der Waals surface area contributed by atoms with Crippen LogP contribution >= 0.6 is 24.8 Å². The molecule has 0 spiro atoms. The molecule has 0 unspecified atom stereocenters. The highest BCUT2D eigenvalue weighted by Crippen LogP contribution is 2.29. The van der Waals surface area contributed by atoms with Gasteiger partial charge in [-0.05, 0) is 86.9 Å². The lowest BCUT2D eigenvalue weighted by molar-refractivity contribution is -0.0254. The summed E-state index contributed by atoms with van der Waals surface area (Å²) in [4.78, 5) is 4.62. The average Bonchev–Trinajstić information content (AvgIpc) is 2.76. The maximum atomic E-state index is 13.0. The van der Waals surface area contributed by atoms with E-state index < -0.39 is 5.60 Å². The van der Waals surface area contributed by atoms with Crippen LogP contribution in [-0.4, -0.2) is 54.9 Å². The van der Waals surface area contributed by atoms with Crippen LogP contribution < -0.4 is 9.64 Å². The fraction of sp³-hybridized carbons (Fsp3) is 0.538. The number of rotatable bonds is 9. The van der Waals surface area contributed by atoms with Gasteiger partial charge < -0.3 is 19.6 Å². The number of benzene rings is 2. The standard InChI is InChI=1S/C26H35FN2O2.2ClH/c1-28(23-9-11-25(12-10-23)31-24-3-2-4-24)18-14-26(30)15-19-29(20-16-26)17-13-21-5-7-22(27)8-6-21;;/h5-12,24,30H,2-4,13-20H2,1H3;2*1H. The highest BCUT2D eigenvalue weighted by atomic mass is 35.5. The summed E-state index contributed by atoms with van der Waals surface area (Å²) in [5, 5.41) is 11.1. The molecule has 2 aliphatic rings. The van der Waals surface area contributed by atoms with E-state index >= 15 is 0 Å². The molecule has 2 aromatic carbocycles. The van der Waals surface area contributed by atoms with Crippen molar-refractivity contribution < 1.29 is 14.2 Å². The van der Waals surface area contributed by atoms with Crippen LogP contribution in [0.4, 0.5) is 10.1 Å². The van der Waals surface area contributed by atoms with Crippen molar-refractivity contribution in [3.8, 4) is 5.75 Å². The number of likely N-dealkylation sites (tertiary alicyclic amines) is 1. The Bertz CT molecular complexity index is 823. The van der Waals surface area contributed by atoms with Crippen LogP contribution in [0, 0.1) is 5.82 Å². The minimum Gasteiger partial charge on any atom is -0.490 e. The molecule has 1 aliphatic carbocycles. The molecule has 184 valence electrons. The van der Waals surface area contributed by atoms with Crippen LogP contribution in [0.2, 0.25) is 0 Å². The van der Waals surface area contributed by atoms with Crippen molar-refractivity contribution in [2.24, 2.45) is 0 Å². The topological polar surface area (TPSA) is 35.9 Å². The van der Waals surface area contributed by atoms with Gasteiger partial charge in [-0.25, -0.2) is 4.39 Å². The Morgan fingerprint density at radius 1 is 1.03 bits per heavy atom. The SMILES string of the molecule is CN(CCC1(O)CCN(CCc2ccc(F)cc2)CC1)c1ccc(OC2CCC2)cc1.Cl.Cl. The molecular formula is C26H37Cl2FN2O2. The van der Waals surface area contributed by atoms with Crippen molar-refractivity contribution in [2.75, 3.05) is 38.1 Å². The van der Waals surface area contributed by atoms with Gasteiger partial charge in [0.1, 0.15) is 11.6 Å². The number of halogens is 3. The summed E-state index contributed by atoms with van der Waals surface area (Å²) in [5.74, 6) is 0.767. The zero-order valence-electron chi connectivity index (χ0n) is 19.4. The summed E-state index contributed by atoms with van der Waals surface area (Å²) in [7, 11) is 2.09. The summed E-state index contributed by atoms with van der Waals surface area (Å²) in [6, 6.07) is 15.1. The molecule has 0 aromatic heterocycles. The second-order valence-electron chi connectivity index (χ2n) is 9.28. The van der Waals surface area contributed by atoms with Gasteiger partial charge in [-0.2, -0.15) is 0 Å². The van der Waals surface area contributed by atoms with Gasteiger partial charge in [-0.3, -0.25) is 0 Å². The smallest absolute Gasteiger partial charge is 0.123 e. The minimum atomic E-state index is -0.589. The molecule has 0 bridgehead atoms. The molecule has 0 amide bonds. The van der Waals surface area contributed by atoms with E-state index in [0.29, 0.717) is 6.10 Å². The monoisotopic (exact) mass is 498 g/mol. The molecule has 1 N–H and O–H groups in total. The minimum absolute atomic E-state index is 0. The van der Waals surface area contributed by atoms with Crippen molar-refractivity contribution in [3.63, 3.8) is 0 Å². The molecule has 4 nitrogen and oxygen atoms in total. The Morgan fingerprint density at radius 2 is 1.67 bits per heavy atom. The predicted octanol–water partition coefficient (Wildman–Crippen LogP) is 5.50. The van der Waals surface area contributed by atoms with Gasteiger partial charge in [0, 0.05) is 38.9 Å². The van der Waals surface area contributed by atoms with Crippen molar-refractivity contribution in [1.82, 2.24) is 4.90 Å². The number of ether oxygens (including phenoxy) is 1. The summed E-state index contributed by atoms with van der Waals surface area (Å²) in [5.41, 5.74) is 1.72. The van der Waals surface area contributed by atoms with Crippen LogP contribution in [0.15, 0.2) is 48.5 Å². The first-order valence-electron chi connectivity index (χ1n) is 11.7. The van der Waals surface area contributed by atoms with E-state index in [9.17, 15) is 9.50 Å². The average molecular weight is 499 g/mol. The van der Waals surface area contributed by atoms with E-state index in [2.05, 4.69) is 41.1 Å². The van der Waals surface area contributed by atoms with Crippen LogP contribution in [0.5, 0.6) is 5.75 Å². The van der Waals surface area contributed by atoms with Gasteiger partial charge in [-0.1, -0.05) is 12.1 Å². The molecule has 2 fully saturated rings. The van der Waals surface area contributed by atoms with E-state index in [0.717, 1.165) is 68.9 Å². The van der Waals surface area contributed by atoms with Gasteiger partial charge in [0.25, 0.3) is 0 Å². The fourth-order valence-corrected chi connectivity index (χ4v) is 4.35. The largest absolute Gasteiger partial charge is 0.490 e. The molecule has 1 aliphatic heterocycles. The maximum absolute atomic E-state index is 13.0. The van der Waals surface area contributed by atoms with Gasteiger partial charge >= 0.3 is 0 Å². The quantitative estimate of drug-likeness (QED) is 0.495. The zero-order valence-corrected chi connectivity index (χ0v) is 21.1. The van der Waals surface area contributed by atoms with Gasteiger partial charge in [0.15, 0.2) is 0 Å². The van der Waals surface area contributed by atoms with E-state index in [4.69, 9.17) is 4.74 Å².